The molecule has 0 spiro atoms. The summed E-state index contributed by atoms with van der Waals surface area (Å²) in [6.07, 6.45) is 1.86. The summed E-state index contributed by atoms with van der Waals surface area (Å²) in [6, 6.07) is 7.87. The highest BCUT2D eigenvalue weighted by Crippen LogP contribution is 2.29. The number of benzene rings is 1. The summed E-state index contributed by atoms with van der Waals surface area (Å²) < 4.78 is 12.9. The topological polar surface area (TPSA) is 88.8 Å². The van der Waals surface area contributed by atoms with Crippen LogP contribution >= 0.6 is 0 Å². The zero-order chi connectivity index (χ0) is 21.0. The lowest BCUT2D eigenvalue weighted by atomic mass is 10.1. The predicted octanol–water partition coefficient (Wildman–Crippen LogP) is 1.15. The number of fused-ring (bicyclic) bond motifs is 1. The number of anilines is 1. The summed E-state index contributed by atoms with van der Waals surface area (Å²) in [6.45, 7) is 8.03. The third-order valence-corrected chi connectivity index (χ3v) is 5.89. The van der Waals surface area contributed by atoms with E-state index in [1.807, 2.05) is 35.1 Å². The number of aliphatic hydroxyl groups is 1. The van der Waals surface area contributed by atoms with Crippen LogP contribution in [0.3, 0.4) is 0 Å². The van der Waals surface area contributed by atoms with Crippen LogP contribution < -0.4 is 4.90 Å². The normalized spacial score (nSPS) is 18.0. The number of morpholine rings is 2. The average Bonchev–Trinajstić information content (AvgIpc) is 3.26. The van der Waals surface area contributed by atoms with Crippen LogP contribution in [0.2, 0.25) is 0 Å². The minimum atomic E-state index is -0.00278. The molecule has 0 aliphatic carbocycles. The van der Waals surface area contributed by atoms with Gasteiger partial charge in [0.1, 0.15) is 0 Å². The number of aromatic nitrogens is 4. The smallest absolute Gasteiger partial charge is 0.228 e. The molecule has 0 amide bonds. The largest absolute Gasteiger partial charge is 0.392 e. The van der Waals surface area contributed by atoms with Crippen LogP contribution in [0.1, 0.15) is 5.56 Å². The molecule has 9 nitrogen and oxygen atoms in total. The van der Waals surface area contributed by atoms with Crippen LogP contribution in [0.25, 0.3) is 22.3 Å². The second-order valence-electron chi connectivity index (χ2n) is 7.89. The van der Waals surface area contributed by atoms with Crippen molar-refractivity contribution in [3.63, 3.8) is 0 Å². The van der Waals surface area contributed by atoms with Gasteiger partial charge in [0.25, 0.3) is 0 Å². The van der Waals surface area contributed by atoms with Crippen LogP contribution in [0.4, 0.5) is 5.95 Å². The highest BCUT2D eigenvalue weighted by atomic mass is 16.5. The van der Waals surface area contributed by atoms with Crippen LogP contribution in [0.5, 0.6) is 0 Å². The van der Waals surface area contributed by atoms with Crippen LogP contribution in [0.15, 0.2) is 30.5 Å². The second-order valence-corrected chi connectivity index (χ2v) is 7.89. The van der Waals surface area contributed by atoms with Crippen molar-refractivity contribution in [2.75, 3.05) is 64.1 Å². The molecular formula is C22H28N6O3. The zero-order valence-corrected chi connectivity index (χ0v) is 17.6. The molecule has 2 aliphatic rings. The van der Waals surface area contributed by atoms with E-state index >= 15 is 0 Å². The summed E-state index contributed by atoms with van der Waals surface area (Å²) >= 11 is 0. The molecule has 31 heavy (non-hydrogen) atoms. The maximum absolute atomic E-state index is 9.59. The lowest BCUT2D eigenvalue weighted by Crippen LogP contribution is -2.38. The molecule has 0 unspecified atom stereocenters. The fraction of sp³-hybridized carbons (Fsp3) is 0.500. The van der Waals surface area contributed by atoms with E-state index in [0.29, 0.717) is 19.2 Å². The van der Waals surface area contributed by atoms with Crippen LogP contribution in [0, 0.1) is 0 Å². The molecule has 164 valence electrons. The Labute approximate surface area is 181 Å². The fourth-order valence-electron chi connectivity index (χ4n) is 4.11. The standard InChI is InChI=1S/C22H28N6O3/c29-16-17-2-1-3-18(14-17)20-19-15-23-28(5-4-26-6-10-30-11-7-26)21(19)25-22(24-20)27-8-12-31-13-9-27/h1-3,14-15,29H,4-13,16H2. The van der Waals surface area contributed by atoms with Crippen molar-refractivity contribution in [3.05, 3.63) is 36.0 Å². The summed E-state index contributed by atoms with van der Waals surface area (Å²) in [5.74, 6) is 0.702. The van der Waals surface area contributed by atoms with Gasteiger partial charge in [0.15, 0.2) is 5.65 Å². The molecule has 0 radical (unpaired) electrons. The van der Waals surface area contributed by atoms with Gasteiger partial charge in [-0.3, -0.25) is 4.90 Å². The molecule has 9 heteroatoms. The maximum Gasteiger partial charge on any atom is 0.228 e. The molecule has 2 aliphatic heterocycles. The Morgan fingerprint density at radius 2 is 1.71 bits per heavy atom. The van der Waals surface area contributed by atoms with Crippen LogP contribution in [-0.2, 0) is 22.6 Å². The lowest BCUT2D eigenvalue weighted by molar-refractivity contribution is 0.0361. The van der Waals surface area contributed by atoms with E-state index < -0.39 is 0 Å². The van der Waals surface area contributed by atoms with E-state index in [9.17, 15) is 5.11 Å². The van der Waals surface area contributed by atoms with Gasteiger partial charge >= 0.3 is 0 Å². The van der Waals surface area contributed by atoms with Gasteiger partial charge in [0.05, 0.1) is 56.9 Å². The van der Waals surface area contributed by atoms with Crippen molar-refractivity contribution in [1.82, 2.24) is 24.6 Å². The molecule has 0 saturated carbocycles. The number of ether oxygens (including phenoxy) is 2. The van der Waals surface area contributed by atoms with E-state index in [4.69, 9.17) is 19.4 Å². The minimum absolute atomic E-state index is 0.00278. The molecule has 1 N–H and O–H groups in total. The Balaban J connectivity index is 1.53. The molecule has 5 rings (SSSR count). The third kappa shape index (κ3) is 4.40. The van der Waals surface area contributed by atoms with Crippen molar-refractivity contribution in [2.24, 2.45) is 0 Å². The van der Waals surface area contributed by atoms with Gasteiger partial charge in [-0.15, -0.1) is 0 Å². The van der Waals surface area contributed by atoms with Gasteiger partial charge in [-0.25, -0.2) is 9.67 Å². The van der Waals surface area contributed by atoms with Gasteiger partial charge in [-0.2, -0.15) is 10.1 Å². The Morgan fingerprint density at radius 3 is 2.48 bits per heavy atom. The third-order valence-electron chi connectivity index (χ3n) is 5.89. The SMILES string of the molecule is OCc1cccc(-c2nc(N3CCOCC3)nc3c2cnn3CCN2CCOCC2)c1. The van der Waals surface area contributed by atoms with Crippen molar-refractivity contribution in [3.8, 4) is 11.3 Å². The molecule has 4 heterocycles. The first-order valence-corrected chi connectivity index (χ1v) is 10.9. The molecular weight excluding hydrogens is 396 g/mol. The second kappa shape index (κ2) is 9.27. The number of nitrogens with zero attached hydrogens (tertiary/aromatic N) is 6. The number of aliphatic hydroxyl groups excluding tert-OH is 1. The monoisotopic (exact) mass is 424 g/mol. The summed E-state index contributed by atoms with van der Waals surface area (Å²) in [4.78, 5) is 14.4. The molecule has 1 aromatic carbocycles. The number of hydrogen-bond donors (Lipinski definition) is 1. The minimum Gasteiger partial charge on any atom is -0.392 e. The molecule has 2 aromatic heterocycles. The molecule has 0 atom stereocenters. The highest BCUT2D eigenvalue weighted by Gasteiger charge is 2.20. The van der Waals surface area contributed by atoms with Crippen LogP contribution in [-0.4, -0.2) is 88.9 Å². The van der Waals surface area contributed by atoms with Gasteiger partial charge in [-0.1, -0.05) is 18.2 Å². The van der Waals surface area contributed by atoms with Gasteiger partial charge in [0.2, 0.25) is 5.95 Å². The van der Waals surface area contributed by atoms with Gasteiger partial charge in [0, 0.05) is 38.3 Å². The summed E-state index contributed by atoms with van der Waals surface area (Å²) in [5, 5.41) is 15.2. The molecule has 3 aromatic rings. The lowest BCUT2D eigenvalue weighted by Gasteiger charge is -2.27. The Kier molecular flexibility index (Phi) is 6.08. The van der Waals surface area contributed by atoms with Gasteiger partial charge < -0.3 is 19.5 Å². The Bertz CT molecular complexity index is 1030. The Hall–Kier alpha value is -2.59. The first-order chi connectivity index (χ1) is 15.3. The Morgan fingerprint density at radius 1 is 0.935 bits per heavy atom. The summed E-state index contributed by atoms with van der Waals surface area (Å²) in [5.41, 5.74) is 3.51. The quantitative estimate of drug-likeness (QED) is 0.631. The van der Waals surface area contributed by atoms with E-state index in [1.165, 1.54) is 0 Å². The van der Waals surface area contributed by atoms with E-state index in [0.717, 1.165) is 80.3 Å². The first kappa shape index (κ1) is 20.3. The zero-order valence-electron chi connectivity index (χ0n) is 17.6. The molecule has 2 saturated heterocycles. The fourth-order valence-corrected chi connectivity index (χ4v) is 4.11. The first-order valence-electron chi connectivity index (χ1n) is 10.9. The highest BCUT2D eigenvalue weighted by molar-refractivity contribution is 5.91. The average molecular weight is 425 g/mol. The van der Waals surface area contributed by atoms with Crippen molar-refractivity contribution < 1.29 is 14.6 Å². The molecule has 2 fully saturated rings. The number of hydrogen-bond acceptors (Lipinski definition) is 8. The predicted molar refractivity (Wildman–Crippen MR) is 117 cm³/mol. The molecule has 0 bridgehead atoms. The van der Waals surface area contributed by atoms with Crippen molar-refractivity contribution in [2.45, 2.75) is 13.2 Å². The number of rotatable bonds is 6. The van der Waals surface area contributed by atoms with E-state index in [1.54, 1.807) is 0 Å². The van der Waals surface area contributed by atoms with E-state index in [2.05, 4.69) is 14.9 Å². The van der Waals surface area contributed by atoms with Crippen molar-refractivity contribution in [1.29, 1.82) is 0 Å². The van der Waals surface area contributed by atoms with Gasteiger partial charge in [-0.05, 0) is 11.6 Å². The van der Waals surface area contributed by atoms with Crippen molar-refractivity contribution >= 4 is 17.0 Å². The summed E-state index contributed by atoms with van der Waals surface area (Å²) in [7, 11) is 0. The maximum atomic E-state index is 9.59. The van der Waals surface area contributed by atoms with E-state index in [-0.39, 0.29) is 6.61 Å².